The van der Waals surface area contributed by atoms with Gasteiger partial charge in [-0.15, -0.1) is 11.8 Å². The van der Waals surface area contributed by atoms with E-state index >= 15 is 0 Å². The second-order valence-corrected chi connectivity index (χ2v) is 10.7. The number of ether oxygens (including phenoxy) is 1. The van der Waals surface area contributed by atoms with Crippen LogP contribution in [-0.4, -0.2) is 69.4 Å². The van der Waals surface area contributed by atoms with Gasteiger partial charge in [0.1, 0.15) is 0 Å². The van der Waals surface area contributed by atoms with Gasteiger partial charge >= 0.3 is 12.0 Å². The highest BCUT2D eigenvalue weighted by Crippen LogP contribution is 2.32. The number of nitrogens with one attached hydrogen (secondary N) is 1. The molecule has 1 atom stereocenters. The largest absolute Gasteiger partial charge is 0.481 e. The van der Waals surface area contributed by atoms with Gasteiger partial charge in [0.2, 0.25) is 0 Å². The van der Waals surface area contributed by atoms with Crippen molar-refractivity contribution in [1.82, 2.24) is 10.2 Å². The molecule has 2 saturated carbocycles. The quantitative estimate of drug-likeness (QED) is 0.605. The molecule has 1 heterocycles. The zero-order valence-corrected chi connectivity index (χ0v) is 18.8. The Kier molecular flexibility index (Phi) is 8.99. The van der Waals surface area contributed by atoms with Gasteiger partial charge in [0.05, 0.1) is 23.0 Å². The minimum absolute atomic E-state index is 0.0344. The molecule has 0 bridgehead atoms. The first-order valence-corrected chi connectivity index (χ1v) is 12.7. The van der Waals surface area contributed by atoms with E-state index in [2.05, 4.69) is 15.2 Å². The minimum Gasteiger partial charge on any atom is -0.481 e. The summed E-state index contributed by atoms with van der Waals surface area (Å²) in [5.74, 6) is -0.759. The fourth-order valence-corrected chi connectivity index (χ4v) is 6.51. The Hall–Kier alpha value is -0.930. The number of aliphatic imine (C=N–C) groups is 1. The molecule has 1 unspecified atom stereocenters. The van der Waals surface area contributed by atoms with Crippen LogP contribution in [0, 0.1) is 0 Å². The fourth-order valence-electron chi connectivity index (χ4n) is 4.56. The van der Waals surface area contributed by atoms with Crippen LogP contribution in [0.1, 0.15) is 64.2 Å². The van der Waals surface area contributed by atoms with Gasteiger partial charge in [0.15, 0.2) is 5.17 Å². The smallest absolute Gasteiger partial charge is 0.323 e. The number of rotatable bonds is 6. The molecule has 3 aliphatic rings. The number of hydrogen-bond acceptors (Lipinski definition) is 6. The second kappa shape index (κ2) is 11.5. The van der Waals surface area contributed by atoms with Crippen molar-refractivity contribution in [3.8, 4) is 0 Å². The molecule has 0 aromatic carbocycles. The molecular weight excluding hydrogens is 410 g/mol. The van der Waals surface area contributed by atoms with Crippen molar-refractivity contribution in [2.75, 3.05) is 19.4 Å². The molecular formula is C20H33N3O4S2. The van der Waals surface area contributed by atoms with Gasteiger partial charge in [-0.2, -0.15) is 0 Å². The number of carbonyl (C=O) groups excluding carboxylic acids is 1. The zero-order valence-electron chi connectivity index (χ0n) is 17.2. The standard InChI is InChI=1S/C20H33N3O4S2/c1-27-16-10-8-15(9-11-16)23(14-6-4-2-3-5-7-14)20(26)22-19-21-12-18(29-19)28-13-17(24)25/h14-16,18H,2-13H2,1H3,(H,24,25)(H,21,22,26)/t15-,16-,18?. The number of amides is 2. The summed E-state index contributed by atoms with van der Waals surface area (Å²) >= 11 is 2.83. The van der Waals surface area contributed by atoms with Crippen LogP contribution < -0.4 is 5.32 Å². The Morgan fingerprint density at radius 3 is 2.41 bits per heavy atom. The Balaban J connectivity index is 1.61. The predicted octanol–water partition coefficient (Wildman–Crippen LogP) is 3.93. The van der Waals surface area contributed by atoms with E-state index in [9.17, 15) is 9.59 Å². The molecule has 0 saturated heterocycles. The molecule has 2 aliphatic carbocycles. The summed E-state index contributed by atoms with van der Waals surface area (Å²) in [4.78, 5) is 30.7. The number of carboxylic acids is 1. The Morgan fingerprint density at radius 1 is 1.14 bits per heavy atom. The lowest BCUT2D eigenvalue weighted by atomic mass is 9.90. The number of carboxylic acid groups (broad SMARTS) is 1. The minimum atomic E-state index is -0.820. The first kappa shape index (κ1) is 22.7. The molecule has 0 spiro atoms. The van der Waals surface area contributed by atoms with Crippen LogP contribution in [0.5, 0.6) is 0 Å². The number of hydrogen-bond donors (Lipinski definition) is 2. The van der Waals surface area contributed by atoms with Gasteiger partial charge in [0.25, 0.3) is 0 Å². The summed E-state index contributed by atoms with van der Waals surface area (Å²) in [6.07, 6.45) is 11.3. The molecule has 2 fully saturated rings. The Labute approximate surface area is 181 Å². The molecule has 7 nitrogen and oxygen atoms in total. The topological polar surface area (TPSA) is 91.2 Å². The number of thioether (sulfide) groups is 2. The summed E-state index contributed by atoms with van der Waals surface area (Å²) in [6.45, 7) is 0.542. The van der Waals surface area contributed by atoms with Crippen LogP contribution in [0.15, 0.2) is 4.99 Å². The first-order chi connectivity index (χ1) is 14.1. The molecule has 3 rings (SSSR count). The third-order valence-corrected chi connectivity index (χ3v) is 8.55. The molecule has 1 aliphatic heterocycles. The predicted molar refractivity (Wildman–Crippen MR) is 119 cm³/mol. The van der Waals surface area contributed by atoms with Crippen molar-refractivity contribution in [2.45, 2.75) is 87.0 Å². The third kappa shape index (κ3) is 6.79. The monoisotopic (exact) mass is 443 g/mol. The van der Waals surface area contributed by atoms with Crippen LogP contribution in [0.3, 0.4) is 0 Å². The molecule has 29 heavy (non-hydrogen) atoms. The SMILES string of the molecule is CO[C@H]1CC[C@H](N(C(=O)NC2=NCC(SCC(=O)O)S2)C2CCCCCC2)CC1. The Morgan fingerprint density at radius 2 is 1.79 bits per heavy atom. The van der Waals surface area contributed by atoms with Gasteiger partial charge < -0.3 is 14.7 Å². The lowest BCUT2D eigenvalue weighted by Gasteiger charge is -2.41. The van der Waals surface area contributed by atoms with Gasteiger partial charge in [-0.05, 0) is 38.5 Å². The molecule has 0 aromatic heterocycles. The summed E-state index contributed by atoms with van der Waals surface area (Å²) in [5.41, 5.74) is 0. The molecule has 0 aromatic rings. The van der Waals surface area contributed by atoms with Gasteiger partial charge in [-0.25, -0.2) is 4.79 Å². The number of amidine groups is 1. The van der Waals surface area contributed by atoms with Crippen LogP contribution in [0.2, 0.25) is 0 Å². The maximum atomic E-state index is 13.3. The summed E-state index contributed by atoms with van der Waals surface area (Å²) < 4.78 is 5.58. The average molecular weight is 444 g/mol. The van der Waals surface area contributed by atoms with Crippen molar-refractivity contribution in [2.24, 2.45) is 4.99 Å². The van der Waals surface area contributed by atoms with E-state index in [-0.39, 0.29) is 22.4 Å². The summed E-state index contributed by atoms with van der Waals surface area (Å²) in [7, 11) is 1.77. The highest BCUT2D eigenvalue weighted by atomic mass is 32.2. The molecule has 2 N–H and O–H groups in total. The lowest BCUT2D eigenvalue weighted by molar-refractivity contribution is -0.133. The zero-order chi connectivity index (χ0) is 20.6. The molecule has 9 heteroatoms. The fraction of sp³-hybridized carbons (Fsp3) is 0.850. The van der Waals surface area contributed by atoms with Gasteiger partial charge in [-0.1, -0.05) is 37.4 Å². The van der Waals surface area contributed by atoms with Crippen molar-refractivity contribution >= 4 is 40.7 Å². The molecule has 0 radical (unpaired) electrons. The van der Waals surface area contributed by atoms with E-state index in [0.29, 0.717) is 23.9 Å². The molecule has 2 amide bonds. The van der Waals surface area contributed by atoms with Crippen LogP contribution in [0.4, 0.5) is 4.79 Å². The first-order valence-electron chi connectivity index (χ1n) is 10.7. The van der Waals surface area contributed by atoms with Crippen molar-refractivity contribution in [1.29, 1.82) is 0 Å². The number of aliphatic carboxylic acids is 1. The molecule has 164 valence electrons. The van der Waals surface area contributed by atoms with E-state index in [4.69, 9.17) is 9.84 Å². The van der Waals surface area contributed by atoms with Gasteiger partial charge in [0, 0.05) is 19.2 Å². The van der Waals surface area contributed by atoms with Crippen LogP contribution in [-0.2, 0) is 9.53 Å². The number of urea groups is 1. The van der Waals surface area contributed by atoms with Gasteiger partial charge in [-0.3, -0.25) is 15.1 Å². The number of carbonyl (C=O) groups is 2. The normalized spacial score (nSPS) is 28.4. The van der Waals surface area contributed by atoms with Crippen molar-refractivity contribution in [3.63, 3.8) is 0 Å². The van der Waals surface area contributed by atoms with E-state index in [1.807, 2.05) is 0 Å². The second-order valence-electron chi connectivity index (χ2n) is 8.05. The number of methoxy groups -OCH3 is 1. The van der Waals surface area contributed by atoms with Crippen LogP contribution in [0.25, 0.3) is 0 Å². The number of nitrogens with zero attached hydrogens (tertiary/aromatic N) is 2. The Bertz CT molecular complexity index is 588. The maximum absolute atomic E-state index is 13.3. The van der Waals surface area contributed by atoms with E-state index in [1.165, 1.54) is 49.2 Å². The van der Waals surface area contributed by atoms with Crippen molar-refractivity contribution in [3.05, 3.63) is 0 Å². The lowest BCUT2D eigenvalue weighted by Crippen LogP contribution is -2.53. The average Bonchev–Trinajstić information content (AvgIpc) is 2.99. The highest BCUT2D eigenvalue weighted by Gasteiger charge is 2.35. The summed E-state index contributed by atoms with van der Waals surface area (Å²) in [6, 6.07) is 0.521. The summed E-state index contributed by atoms with van der Waals surface area (Å²) in [5, 5.41) is 12.5. The highest BCUT2D eigenvalue weighted by molar-refractivity contribution is 8.25. The van der Waals surface area contributed by atoms with E-state index in [0.717, 1.165) is 38.5 Å². The van der Waals surface area contributed by atoms with Crippen LogP contribution >= 0.6 is 23.5 Å². The maximum Gasteiger partial charge on any atom is 0.323 e. The van der Waals surface area contributed by atoms with E-state index in [1.54, 1.807) is 7.11 Å². The van der Waals surface area contributed by atoms with Crippen molar-refractivity contribution < 1.29 is 19.4 Å². The van der Waals surface area contributed by atoms with E-state index < -0.39 is 5.97 Å². The third-order valence-electron chi connectivity index (χ3n) is 6.06.